The number of ether oxygens (including phenoxy) is 1. The fraction of sp³-hybridized carbons (Fsp3) is 0.160. The van der Waals surface area contributed by atoms with Gasteiger partial charge >= 0.3 is 0 Å². The smallest absolute Gasteiger partial charge is 0.246 e. The minimum absolute atomic E-state index is 0.0355. The third kappa shape index (κ3) is 4.70. The van der Waals surface area contributed by atoms with Crippen LogP contribution in [0.25, 0.3) is 0 Å². The normalized spacial score (nSPS) is 15.3. The summed E-state index contributed by atoms with van der Waals surface area (Å²) in [5.41, 5.74) is 5.03. The van der Waals surface area contributed by atoms with Crippen LogP contribution in [0.2, 0.25) is 0 Å². The van der Waals surface area contributed by atoms with E-state index in [-0.39, 0.29) is 18.4 Å². The number of rotatable bonds is 7. The Kier molecular flexibility index (Phi) is 6.19. The van der Waals surface area contributed by atoms with E-state index in [0.717, 1.165) is 28.1 Å². The molecule has 1 aliphatic rings. The van der Waals surface area contributed by atoms with Gasteiger partial charge in [-0.2, -0.15) is 0 Å². The van der Waals surface area contributed by atoms with E-state index in [0.29, 0.717) is 12.3 Å². The molecule has 0 spiro atoms. The molecule has 1 heterocycles. The fourth-order valence-corrected chi connectivity index (χ4v) is 3.60. The minimum Gasteiger partial charge on any atom is -0.375 e. The van der Waals surface area contributed by atoms with E-state index in [1.165, 1.54) is 7.11 Å². The van der Waals surface area contributed by atoms with E-state index >= 15 is 0 Å². The average Bonchev–Trinajstić information content (AvgIpc) is 3.13. The second-order valence-electron chi connectivity index (χ2n) is 7.25. The van der Waals surface area contributed by atoms with Gasteiger partial charge in [-0.1, -0.05) is 60.7 Å². The van der Waals surface area contributed by atoms with Crippen molar-refractivity contribution in [3.63, 3.8) is 0 Å². The molecule has 3 aromatic rings. The number of hydrogen-bond acceptors (Lipinski definition) is 4. The third-order valence-electron chi connectivity index (χ3n) is 5.09. The molecule has 0 saturated heterocycles. The molecule has 0 bridgehead atoms. The van der Waals surface area contributed by atoms with Gasteiger partial charge in [0.1, 0.15) is 12.5 Å². The number of hydrogen-bond donors (Lipinski definition) is 2. The lowest BCUT2D eigenvalue weighted by atomic mass is 9.90. The standard InChI is InChI=1S/C25H23N3O3/c1-31-16-22(29)26-15-17-11-13-19(14-12-17)27-24(18-7-3-2-4-8-18)23-20-9-5-6-10-21(20)28-25(23)30/h2-14,23H,15-16H2,1H3,(H,26,29)(H,28,30). The number of anilines is 1. The van der Waals surface area contributed by atoms with E-state index in [1.807, 2.05) is 78.9 Å². The van der Waals surface area contributed by atoms with Gasteiger partial charge in [-0.15, -0.1) is 0 Å². The number of nitrogens with zero attached hydrogens (tertiary/aromatic N) is 1. The number of carbonyl (C=O) groups is 2. The van der Waals surface area contributed by atoms with Crippen LogP contribution in [0.15, 0.2) is 83.9 Å². The Morgan fingerprint density at radius 1 is 1.00 bits per heavy atom. The zero-order valence-corrected chi connectivity index (χ0v) is 17.2. The summed E-state index contributed by atoms with van der Waals surface area (Å²) in [5, 5.41) is 5.75. The van der Waals surface area contributed by atoms with Gasteiger partial charge in [-0.05, 0) is 34.9 Å². The summed E-state index contributed by atoms with van der Waals surface area (Å²) in [4.78, 5) is 29.3. The van der Waals surface area contributed by atoms with E-state index in [4.69, 9.17) is 9.73 Å². The first-order valence-electron chi connectivity index (χ1n) is 10.0. The first-order chi connectivity index (χ1) is 15.2. The molecule has 0 fully saturated rings. The van der Waals surface area contributed by atoms with Crippen LogP contribution in [0.1, 0.15) is 22.6 Å². The maximum absolute atomic E-state index is 12.9. The van der Waals surface area contributed by atoms with Crippen LogP contribution in [0, 0.1) is 0 Å². The SMILES string of the molecule is COCC(=O)NCc1ccc(N=C(c2ccccc2)C2C(=O)Nc3ccccc32)cc1. The van der Waals surface area contributed by atoms with Gasteiger partial charge in [0.2, 0.25) is 11.8 Å². The van der Waals surface area contributed by atoms with Crippen molar-refractivity contribution in [1.82, 2.24) is 5.32 Å². The van der Waals surface area contributed by atoms with E-state index in [9.17, 15) is 9.59 Å². The van der Waals surface area contributed by atoms with Gasteiger partial charge in [0, 0.05) is 19.3 Å². The second-order valence-corrected chi connectivity index (χ2v) is 7.25. The van der Waals surface area contributed by atoms with E-state index < -0.39 is 5.92 Å². The largest absolute Gasteiger partial charge is 0.375 e. The molecular weight excluding hydrogens is 390 g/mol. The predicted octanol–water partition coefficient (Wildman–Crippen LogP) is 3.81. The van der Waals surface area contributed by atoms with Gasteiger partial charge in [-0.3, -0.25) is 14.6 Å². The lowest BCUT2D eigenvalue weighted by Crippen LogP contribution is -2.26. The molecule has 1 unspecified atom stereocenters. The summed E-state index contributed by atoms with van der Waals surface area (Å²) in [6.45, 7) is 0.448. The summed E-state index contributed by atoms with van der Waals surface area (Å²) in [7, 11) is 1.49. The Morgan fingerprint density at radius 2 is 1.71 bits per heavy atom. The molecule has 6 heteroatoms. The molecule has 4 rings (SSSR count). The van der Waals surface area contributed by atoms with Crippen LogP contribution in [-0.4, -0.2) is 31.2 Å². The quantitative estimate of drug-likeness (QED) is 0.578. The van der Waals surface area contributed by atoms with Crippen molar-refractivity contribution in [3.8, 4) is 0 Å². The van der Waals surface area contributed by atoms with Gasteiger partial charge in [0.05, 0.1) is 11.4 Å². The third-order valence-corrected chi connectivity index (χ3v) is 5.09. The molecular formula is C25H23N3O3. The summed E-state index contributed by atoms with van der Waals surface area (Å²) < 4.78 is 4.82. The number of amides is 2. The molecule has 1 aliphatic heterocycles. The number of carbonyl (C=O) groups excluding carboxylic acids is 2. The molecule has 31 heavy (non-hydrogen) atoms. The van der Waals surface area contributed by atoms with Crippen molar-refractivity contribution in [3.05, 3.63) is 95.6 Å². The molecule has 2 N–H and O–H groups in total. The lowest BCUT2D eigenvalue weighted by molar-refractivity contribution is -0.124. The summed E-state index contributed by atoms with van der Waals surface area (Å²) in [6, 6.07) is 25.1. The van der Waals surface area contributed by atoms with Crippen molar-refractivity contribution in [2.24, 2.45) is 4.99 Å². The van der Waals surface area contributed by atoms with Crippen molar-refractivity contribution >= 4 is 28.9 Å². The molecule has 3 aromatic carbocycles. The number of para-hydroxylation sites is 1. The van der Waals surface area contributed by atoms with Crippen LogP contribution in [0.4, 0.5) is 11.4 Å². The number of methoxy groups -OCH3 is 1. The maximum atomic E-state index is 12.9. The van der Waals surface area contributed by atoms with Gasteiger partial charge in [-0.25, -0.2) is 0 Å². The average molecular weight is 413 g/mol. The van der Waals surface area contributed by atoms with Gasteiger partial charge in [0.15, 0.2) is 0 Å². The zero-order chi connectivity index (χ0) is 21.6. The lowest BCUT2D eigenvalue weighted by Gasteiger charge is -2.14. The maximum Gasteiger partial charge on any atom is 0.246 e. The topological polar surface area (TPSA) is 79.8 Å². The molecule has 2 amide bonds. The van der Waals surface area contributed by atoms with Gasteiger partial charge < -0.3 is 15.4 Å². The van der Waals surface area contributed by atoms with E-state index in [1.54, 1.807) is 0 Å². The molecule has 0 aliphatic carbocycles. The molecule has 0 radical (unpaired) electrons. The molecule has 0 saturated carbocycles. The Bertz CT molecular complexity index is 1110. The van der Waals surface area contributed by atoms with Crippen molar-refractivity contribution in [2.45, 2.75) is 12.5 Å². The van der Waals surface area contributed by atoms with Crippen molar-refractivity contribution < 1.29 is 14.3 Å². The van der Waals surface area contributed by atoms with Crippen molar-refractivity contribution in [1.29, 1.82) is 0 Å². The summed E-state index contributed by atoms with van der Waals surface area (Å²) in [6.07, 6.45) is 0. The first kappa shape index (κ1) is 20.5. The Morgan fingerprint density at radius 3 is 2.45 bits per heavy atom. The van der Waals surface area contributed by atoms with Crippen LogP contribution < -0.4 is 10.6 Å². The summed E-state index contributed by atoms with van der Waals surface area (Å²) >= 11 is 0. The number of aliphatic imine (C=N–C) groups is 1. The molecule has 156 valence electrons. The van der Waals surface area contributed by atoms with Crippen LogP contribution in [0.5, 0.6) is 0 Å². The zero-order valence-electron chi connectivity index (χ0n) is 17.2. The minimum atomic E-state index is -0.480. The van der Waals surface area contributed by atoms with E-state index in [2.05, 4.69) is 10.6 Å². The van der Waals surface area contributed by atoms with Crippen molar-refractivity contribution in [2.75, 3.05) is 19.0 Å². The highest BCUT2D eigenvalue weighted by Crippen LogP contribution is 2.36. The molecule has 0 aromatic heterocycles. The second kappa shape index (κ2) is 9.36. The monoisotopic (exact) mass is 413 g/mol. The fourth-order valence-electron chi connectivity index (χ4n) is 3.60. The van der Waals surface area contributed by atoms with Crippen LogP contribution in [0.3, 0.4) is 0 Å². The predicted molar refractivity (Wildman–Crippen MR) is 121 cm³/mol. The first-order valence-corrected chi connectivity index (χ1v) is 10.0. The highest BCUT2D eigenvalue weighted by molar-refractivity contribution is 6.24. The number of nitrogens with one attached hydrogen (secondary N) is 2. The Hall–Kier alpha value is -3.77. The Balaban J connectivity index is 1.64. The molecule has 6 nitrogen and oxygen atoms in total. The molecule has 1 atom stereocenters. The van der Waals surface area contributed by atoms with Gasteiger partial charge in [0.25, 0.3) is 0 Å². The highest BCUT2D eigenvalue weighted by atomic mass is 16.5. The van der Waals surface area contributed by atoms with Crippen LogP contribution in [-0.2, 0) is 20.9 Å². The van der Waals surface area contributed by atoms with Crippen LogP contribution >= 0.6 is 0 Å². The number of fused-ring (bicyclic) bond motifs is 1. The highest BCUT2D eigenvalue weighted by Gasteiger charge is 2.35. The summed E-state index contributed by atoms with van der Waals surface area (Å²) in [5.74, 6) is -0.727. The Labute approximate surface area is 181 Å². The number of benzene rings is 3.